The smallest absolute Gasteiger partial charge is 0.358 e. The van der Waals surface area contributed by atoms with Gasteiger partial charge in [-0.1, -0.05) is 26.0 Å². The third-order valence-corrected chi connectivity index (χ3v) is 2.76. The molecule has 1 N–H and O–H groups in total. The van der Waals surface area contributed by atoms with Gasteiger partial charge in [-0.25, -0.2) is 14.5 Å². The third kappa shape index (κ3) is 2.64. The van der Waals surface area contributed by atoms with E-state index in [1.54, 1.807) is 13.1 Å². The Bertz CT molecular complexity index is 607. The van der Waals surface area contributed by atoms with Gasteiger partial charge in [-0.3, -0.25) is 0 Å². The highest BCUT2D eigenvalue weighted by atomic mass is 16.4. The maximum atomic E-state index is 10.9. The molecule has 2 rings (SSSR count). The predicted octanol–water partition coefficient (Wildman–Crippen LogP) is 1.62. The number of hydrogen-bond donors (Lipinski definition) is 1. The van der Waals surface area contributed by atoms with Gasteiger partial charge >= 0.3 is 5.97 Å². The Kier molecular flexibility index (Phi) is 3.13. The Labute approximate surface area is 110 Å². The fourth-order valence-corrected chi connectivity index (χ4v) is 1.57. The third-order valence-electron chi connectivity index (χ3n) is 2.76. The first-order valence-electron chi connectivity index (χ1n) is 5.87. The van der Waals surface area contributed by atoms with E-state index in [-0.39, 0.29) is 17.7 Å². The van der Waals surface area contributed by atoms with Crippen LogP contribution in [0.2, 0.25) is 0 Å². The molecule has 0 fully saturated rings. The molecule has 2 heterocycles. The lowest BCUT2D eigenvalue weighted by Gasteiger charge is -2.13. The minimum absolute atomic E-state index is 0.0531. The summed E-state index contributed by atoms with van der Waals surface area (Å²) in [5, 5.41) is 16.3. The molecular formula is C12H16N4O3. The summed E-state index contributed by atoms with van der Waals surface area (Å²) in [5.74, 6) is 0.167. The van der Waals surface area contributed by atoms with Gasteiger partial charge in [0, 0.05) is 5.41 Å². The lowest BCUT2D eigenvalue weighted by atomic mass is 9.94. The molecule has 7 heteroatoms. The van der Waals surface area contributed by atoms with Crippen molar-refractivity contribution in [1.29, 1.82) is 0 Å². The van der Waals surface area contributed by atoms with Gasteiger partial charge < -0.3 is 9.52 Å². The number of carbonyl (C=O) groups is 1. The van der Waals surface area contributed by atoms with E-state index in [9.17, 15) is 4.79 Å². The van der Waals surface area contributed by atoms with E-state index in [0.29, 0.717) is 11.6 Å². The van der Waals surface area contributed by atoms with Crippen LogP contribution in [0.4, 0.5) is 0 Å². The highest BCUT2D eigenvalue weighted by molar-refractivity contribution is 5.86. The maximum absolute atomic E-state index is 10.9. The quantitative estimate of drug-likeness (QED) is 0.905. The first-order valence-corrected chi connectivity index (χ1v) is 5.87. The molecule has 0 bridgehead atoms. The van der Waals surface area contributed by atoms with Gasteiger partial charge in [-0.05, 0) is 6.92 Å². The number of hydrogen-bond acceptors (Lipinski definition) is 5. The Morgan fingerprint density at radius 3 is 2.63 bits per heavy atom. The molecule has 102 valence electrons. The molecule has 0 aliphatic carbocycles. The molecule has 2 aromatic heterocycles. The summed E-state index contributed by atoms with van der Waals surface area (Å²) >= 11 is 0. The van der Waals surface area contributed by atoms with Crippen molar-refractivity contribution in [3.05, 3.63) is 29.2 Å². The van der Waals surface area contributed by atoms with E-state index >= 15 is 0 Å². The number of carboxylic acids is 1. The molecule has 2 aromatic rings. The number of aromatic carboxylic acids is 1. The predicted molar refractivity (Wildman–Crippen MR) is 66.0 cm³/mol. The Morgan fingerprint density at radius 2 is 2.16 bits per heavy atom. The fraction of sp³-hybridized carbons (Fsp3) is 0.500. The minimum atomic E-state index is -1.09. The second-order valence-electron chi connectivity index (χ2n) is 5.35. The van der Waals surface area contributed by atoms with E-state index in [1.807, 2.05) is 20.8 Å². The molecule has 0 radical (unpaired) electrons. The fourth-order valence-electron chi connectivity index (χ4n) is 1.57. The zero-order chi connectivity index (χ0) is 14.2. The van der Waals surface area contributed by atoms with Crippen molar-refractivity contribution in [1.82, 2.24) is 20.0 Å². The van der Waals surface area contributed by atoms with Gasteiger partial charge in [0.1, 0.15) is 12.3 Å². The highest BCUT2D eigenvalue weighted by Gasteiger charge is 2.20. The van der Waals surface area contributed by atoms with Crippen LogP contribution in [0.3, 0.4) is 0 Å². The van der Waals surface area contributed by atoms with Crippen molar-refractivity contribution in [3.63, 3.8) is 0 Å². The normalized spacial score (nSPS) is 11.8. The largest absolute Gasteiger partial charge is 0.476 e. The molecule has 0 aliphatic rings. The van der Waals surface area contributed by atoms with Crippen LogP contribution in [0.25, 0.3) is 0 Å². The van der Waals surface area contributed by atoms with Gasteiger partial charge in [0.15, 0.2) is 5.69 Å². The Morgan fingerprint density at radius 1 is 1.47 bits per heavy atom. The van der Waals surface area contributed by atoms with E-state index < -0.39 is 5.97 Å². The van der Waals surface area contributed by atoms with Crippen molar-refractivity contribution in [3.8, 4) is 0 Å². The Balaban J connectivity index is 2.22. The lowest BCUT2D eigenvalue weighted by Crippen LogP contribution is -2.09. The van der Waals surface area contributed by atoms with Crippen molar-refractivity contribution < 1.29 is 14.3 Å². The average Bonchev–Trinajstić information content (AvgIpc) is 2.87. The topological polar surface area (TPSA) is 94.0 Å². The molecular weight excluding hydrogens is 248 g/mol. The summed E-state index contributed by atoms with van der Waals surface area (Å²) in [6.45, 7) is 8.00. The van der Waals surface area contributed by atoms with Gasteiger partial charge in [0.25, 0.3) is 0 Å². The summed E-state index contributed by atoms with van der Waals surface area (Å²) in [5.41, 5.74) is 0.306. The van der Waals surface area contributed by atoms with Crippen molar-refractivity contribution in [2.75, 3.05) is 0 Å². The number of rotatable bonds is 3. The molecule has 19 heavy (non-hydrogen) atoms. The summed E-state index contributed by atoms with van der Waals surface area (Å²) in [6, 6.07) is 0. The summed E-state index contributed by atoms with van der Waals surface area (Å²) in [6.07, 6.45) is 1.68. The number of carboxylic acid groups (broad SMARTS) is 1. The van der Waals surface area contributed by atoms with Crippen molar-refractivity contribution >= 4 is 5.97 Å². The minimum Gasteiger partial charge on any atom is -0.476 e. The molecule has 0 atom stereocenters. The van der Waals surface area contributed by atoms with E-state index in [0.717, 1.165) is 5.76 Å². The van der Waals surface area contributed by atoms with E-state index in [1.165, 1.54) is 4.68 Å². The monoisotopic (exact) mass is 264 g/mol. The van der Waals surface area contributed by atoms with E-state index in [4.69, 9.17) is 9.52 Å². The van der Waals surface area contributed by atoms with Crippen LogP contribution in [-0.2, 0) is 12.0 Å². The highest BCUT2D eigenvalue weighted by Crippen LogP contribution is 2.23. The number of aromatic nitrogens is 4. The summed E-state index contributed by atoms with van der Waals surface area (Å²) in [7, 11) is 0. The van der Waals surface area contributed by atoms with Crippen LogP contribution in [0.1, 0.15) is 48.6 Å². The van der Waals surface area contributed by atoms with Gasteiger partial charge in [-0.15, -0.1) is 5.10 Å². The van der Waals surface area contributed by atoms with Crippen LogP contribution in [-0.4, -0.2) is 31.1 Å². The number of oxazole rings is 1. The van der Waals surface area contributed by atoms with Gasteiger partial charge in [0.05, 0.1) is 11.9 Å². The Hall–Kier alpha value is -2.18. The second kappa shape index (κ2) is 4.49. The molecule has 0 saturated carbocycles. The first-order chi connectivity index (χ1) is 8.79. The maximum Gasteiger partial charge on any atom is 0.358 e. The summed E-state index contributed by atoms with van der Waals surface area (Å²) < 4.78 is 7.09. The van der Waals surface area contributed by atoms with Gasteiger partial charge in [0.2, 0.25) is 5.89 Å². The molecule has 0 aromatic carbocycles. The molecule has 0 aliphatic heterocycles. The first kappa shape index (κ1) is 13.3. The molecule has 0 amide bonds. The summed E-state index contributed by atoms with van der Waals surface area (Å²) in [4.78, 5) is 15.0. The molecule has 7 nitrogen and oxygen atoms in total. The lowest BCUT2D eigenvalue weighted by molar-refractivity contribution is 0.0689. The van der Waals surface area contributed by atoms with Crippen LogP contribution < -0.4 is 0 Å². The average molecular weight is 264 g/mol. The second-order valence-corrected chi connectivity index (χ2v) is 5.35. The van der Waals surface area contributed by atoms with Crippen molar-refractivity contribution in [2.45, 2.75) is 39.7 Å². The SMILES string of the molecule is Cc1c(C(=O)O)nnn1Cc1ncc(C(C)(C)C)o1. The zero-order valence-corrected chi connectivity index (χ0v) is 11.3. The van der Waals surface area contributed by atoms with Crippen LogP contribution in [0.5, 0.6) is 0 Å². The van der Waals surface area contributed by atoms with Crippen molar-refractivity contribution in [2.24, 2.45) is 0 Å². The number of nitrogens with zero attached hydrogens (tertiary/aromatic N) is 4. The van der Waals surface area contributed by atoms with Crippen LogP contribution in [0, 0.1) is 6.92 Å². The van der Waals surface area contributed by atoms with E-state index in [2.05, 4.69) is 15.3 Å². The molecule has 0 spiro atoms. The molecule has 0 saturated heterocycles. The molecule has 0 unspecified atom stereocenters. The van der Waals surface area contributed by atoms with Gasteiger partial charge in [-0.2, -0.15) is 0 Å². The standard InChI is InChI=1S/C12H16N4O3/c1-7-10(11(17)18)14-15-16(7)6-9-13-5-8(19-9)12(2,3)4/h5H,6H2,1-4H3,(H,17,18). The zero-order valence-electron chi connectivity index (χ0n) is 11.3. The van der Waals surface area contributed by atoms with Crippen LogP contribution in [0.15, 0.2) is 10.6 Å². The van der Waals surface area contributed by atoms with Crippen LogP contribution >= 0.6 is 0 Å².